The first-order valence-corrected chi connectivity index (χ1v) is 7.00. The van der Waals surface area contributed by atoms with Gasteiger partial charge in [-0.15, -0.1) is 0 Å². The molecule has 0 aliphatic heterocycles. The van der Waals surface area contributed by atoms with Crippen molar-refractivity contribution in [1.82, 2.24) is 0 Å². The molecule has 1 amide bonds. The number of amides is 1. The summed E-state index contributed by atoms with van der Waals surface area (Å²) in [5.41, 5.74) is 1.70. The first kappa shape index (κ1) is 15.0. The predicted molar refractivity (Wildman–Crippen MR) is 82.6 cm³/mol. The summed E-state index contributed by atoms with van der Waals surface area (Å²) < 4.78 is 10.1. The van der Waals surface area contributed by atoms with Crippen LogP contribution in [-0.4, -0.2) is 18.7 Å². The number of carbonyl (C=O) groups excluding carboxylic acids is 1. The van der Waals surface area contributed by atoms with E-state index in [1.807, 2.05) is 36.4 Å². The summed E-state index contributed by atoms with van der Waals surface area (Å²) in [5.74, 6) is 0.954. The lowest BCUT2D eigenvalue weighted by Crippen LogP contribution is -2.18. The fraction of sp³-hybridized carbons (Fsp3) is 0.312. The Morgan fingerprint density at radius 3 is 2.57 bits per heavy atom. The van der Waals surface area contributed by atoms with Gasteiger partial charge in [-0.25, -0.2) is 4.79 Å². The summed E-state index contributed by atoms with van der Waals surface area (Å²) in [4.78, 5) is 11.3. The third kappa shape index (κ3) is 4.87. The van der Waals surface area contributed by atoms with Crippen LogP contribution in [0.25, 0.3) is 0 Å². The molecule has 21 heavy (non-hydrogen) atoms. The zero-order valence-corrected chi connectivity index (χ0v) is 12.3. The molecule has 0 spiro atoms. The van der Waals surface area contributed by atoms with Crippen molar-refractivity contribution in [3.63, 3.8) is 0 Å². The van der Waals surface area contributed by atoms with Crippen molar-refractivity contribution in [2.45, 2.75) is 26.3 Å². The Morgan fingerprint density at radius 1 is 1.24 bits per heavy atom. The quantitative estimate of drug-likeness (QED) is 0.846. The van der Waals surface area contributed by atoms with Crippen LogP contribution in [0.4, 0.5) is 16.2 Å². The Morgan fingerprint density at radius 2 is 1.95 bits per heavy atom. The Labute approximate surface area is 124 Å². The molecule has 0 bridgehead atoms. The van der Waals surface area contributed by atoms with Gasteiger partial charge in [0, 0.05) is 23.8 Å². The minimum atomic E-state index is -0.440. The number of nitrogens with one attached hydrogen (secondary N) is 2. The summed E-state index contributed by atoms with van der Waals surface area (Å²) in [6.45, 7) is 4.22. The van der Waals surface area contributed by atoms with Gasteiger partial charge in [-0.3, -0.25) is 5.32 Å². The van der Waals surface area contributed by atoms with E-state index >= 15 is 0 Å². The van der Waals surface area contributed by atoms with E-state index in [4.69, 9.17) is 9.15 Å². The van der Waals surface area contributed by atoms with Crippen molar-refractivity contribution < 1.29 is 13.9 Å². The molecule has 0 aliphatic carbocycles. The molecular weight excluding hydrogens is 268 g/mol. The molecule has 5 nitrogen and oxygen atoms in total. The van der Waals surface area contributed by atoms with E-state index in [1.54, 1.807) is 13.2 Å². The van der Waals surface area contributed by atoms with Gasteiger partial charge in [-0.2, -0.15) is 0 Å². The van der Waals surface area contributed by atoms with Crippen LogP contribution < -0.4 is 10.6 Å². The average Bonchev–Trinajstić information content (AvgIpc) is 2.94. The smallest absolute Gasteiger partial charge is 0.411 e. The van der Waals surface area contributed by atoms with E-state index in [0.717, 1.165) is 17.9 Å². The number of hydrogen-bond acceptors (Lipinski definition) is 4. The van der Waals surface area contributed by atoms with Crippen molar-refractivity contribution in [2.24, 2.45) is 0 Å². The maximum atomic E-state index is 11.3. The van der Waals surface area contributed by atoms with Gasteiger partial charge in [0.15, 0.2) is 0 Å². The largest absolute Gasteiger partial charge is 0.469 e. The maximum absolute atomic E-state index is 11.3. The highest BCUT2D eigenvalue weighted by Gasteiger charge is 2.06. The van der Waals surface area contributed by atoms with Gasteiger partial charge in [-0.05, 0) is 50.2 Å². The fourth-order valence-electron chi connectivity index (χ4n) is 2.00. The van der Waals surface area contributed by atoms with Crippen molar-refractivity contribution >= 4 is 17.5 Å². The van der Waals surface area contributed by atoms with E-state index in [1.165, 1.54) is 0 Å². The van der Waals surface area contributed by atoms with Crippen molar-refractivity contribution in [3.05, 3.63) is 48.4 Å². The van der Waals surface area contributed by atoms with Crippen LogP contribution >= 0.6 is 0 Å². The normalized spacial score (nSPS) is 11.7. The Bertz CT molecular complexity index is 549. The van der Waals surface area contributed by atoms with Gasteiger partial charge in [0.1, 0.15) is 5.76 Å². The van der Waals surface area contributed by atoms with Crippen LogP contribution in [0.3, 0.4) is 0 Å². The summed E-state index contributed by atoms with van der Waals surface area (Å²) in [6.07, 6.45) is 2.05. The van der Waals surface area contributed by atoms with Gasteiger partial charge in [-0.1, -0.05) is 0 Å². The van der Waals surface area contributed by atoms with E-state index in [-0.39, 0.29) is 6.04 Å². The highest BCUT2D eigenvalue weighted by molar-refractivity contribution is 5.84. The number of carbonyl (C=O) groups is 1. The molecule has 2 rings (SSSR count). The van der Waals surface area contributed by atoms with E-state index in [9.17, 15) is 4.79 Å². The molecule has 2 N–H and O–H groups in total. The highest BCUT2D eigenvalue weighted by atomic mass is 16.5. The second-order valence-corrected chi connectivity index (χ2v) is 4.75. The first-order valence-electron chi connectivity index (χ1n) is 7.00. The molecule has 1 aromatic heterocycles. The van der Waals surface area contributed by atoms with Crippen LogP contribution in [0.1, 0.15) is 19.6 Å². The standard InChI is InChI=1S/C16H20N2O3/c1-3-20-16(19)18-14-8-6-13(7-9-14)17-12(2)11-15-5-4-10-21-15/h4-10,12,17H,3,11H2,1-2H3,(H,18,19). The van der Waals surface area contributed by atoms with Crippen molar-refractivity contribution in [1.29, 1.82) is 0 Å². The van der Waals surface area contributed by atoms with Crippen molar-refractivity contribution in [3.8, 4) is 0 Å². The van der Waals surface area contributed by atoms with Crippen LogP contribution in [0.5, 0.6) is 0 Å². The molecule has 0 aliphatic rings. The van der Waals surface area contributed by atoms with E-state index in [0.29, 0.717) is 12.3 Å². The minimum absolute atomic E-state index is 0.250. The molecule has 1 aromatic carbocycles. The number of hydrogen-bond donors (Lipinski definition) is 2. The predicted octanol–water partition coefficient (Wildman–Crippen LogP) is 3.89. The van der Waals surface area contributed by atoms with E-state index < -0.39 is 6.09 Å². The SMILES string of the molecule is CCOC(=O)Nc1ccc(NC(C)Cc2ccco2)cc1. The van der Waals surface area contributed by atoms with Gasteiger partial charge >= 0.3 is 6.09 Å². The Hall–Kier alpha value is -2.43. The second-order valence-electron chi connectivity index (χ2n) is 4.75. The Balaban J connectivity index is 1.85. The second kappa shape index (κ2) is 7.38. The molecule has 0 fully saturated rings. The maximum Gasteiger partial charge on any atom is 0.411 e. The topological polar surface area (TPSA) is 63.5 Å². The van der Waals surface area contributed by atoms with Gasteiger partial charge < -0.3 is 14.5 Å². The molecule has 1 heterocycles. The summed E-state index contributed by atoms with van der Waals surface area (Å²) in [5, 5.41) is 6.04. The molecule has 5 heteroatoms. The molecule has 2 aromatic rings. The number of rotatable bonds is 6. The van der Waals surface area contributed by atoms with Gasteiger partial charge in [0.25, 0.3) is 0 Å². The molecular formula is C16H20N2O3. The van der Waals surface area contributed by atoms with Crippen LogP contribution in [0.2, 0.25) is 0 Å². The van der Waals surface area contributed by atoms with Crippen LogP contribution in [-0.2, 0) is 11.2 Å². The van der Waals surface area contributed by atoms with Crippen LogP contribution in [0, 0.1) is 0 Å². The third-order valence-electron chi connectivity index (χ3n) is 2.91. The number of anilines is 2. The number of benzene rings is 1. The molecule has 112 valence electrons. The van der Waals surface area contributed by atoms with E-state index in [2.05, 4.69) is 17.6 Å². The molecule has 1 unspecified atom stereocenters. The highest BCUT2D eigenvalue weighted by Crippen LogP contribution is 2.16. The molecule has 1 atom stereocenters. The zero-order valence-electron chi connectivity index (χ0n) is 12.3. The lowest BCUT2D eigenvalue weighted by molar-refractivity contribution is 0.168. The molecule has 0 radical (unpaired) electrons. The monoisotopic (exact) mass is 288 g/mol. The van der Waals surface area contributed by atoms with Crippen LogP contribution in [0.15, 0.2) is 47.1 Å². The Kier molecular flexibility index (Phi) is 5.26. The lowest BCUT2D eigenvalue weighted by atomic mass is 10.2. The lowest BCUT2D eigenvalue weighted by Gasteiger charge is -2.14. The van der Waals surface area contributed by atoms with Gasteiger partial charge in [0.2, 0.25) is 0 Å². The zero-order chi connectivity index (χ0) is 15.1. The van der Waals surface area contributed by atoms with Gasteiger partial charge in [0.05, 0.1) is 12.9 Å². The summed E-state index contributed by atoms with van der Waals surface area (Å²) in [7, 11) is 0. The molecule has 0 saturated carbocycles. The first-order chi connectivity index (χ1) is 10.2. The molecule has 0 saturated heterocycles. The summed E-state index contributed by atoms with van der Waals surface area (Å²) in [6, 6.07) is 11.6. The number of ether oxygens (including phenoxy) is 1. The summed E-state index contributed by atoms with van der Waals surface area (Å²) >= 11 is 0. The third-order valence-corrected chi connectivity index (χ3v) is 2.91. The minimum Gasteiger partial charge on any atom is -0.469 e. The average molecular weight is 288 g/mol. The number of furan rings is 1. The van der Waals surface area contributed by atoms with Crippen molar-refractivity contribution in [2.75, 3.05) is 17.2 Å². The fourth-order valence-corrected chi connectivity index (χ4v) is 2.00.